The van der Waals surface area contributed by atoms with E-state index >= 15 is 0 Å². The number of rotatable bonds is 10. The van der Waals surface area contributed by atoms with Crippen LogP contribution in [0.25, 0.3) is 0 Å². The Morgan fingerprint density at radius 1 is 0.833 bits per heavy atom. The Hall–Kier alpha value is -4.34. The molecule has 0 unspecified atom stereocenters. The average Bonchev–Trinajstić information content (AvgIpc) is 3.23. The molecule has 3 aromatic carbocycles. The molecule has 60 heavy (non-hydrogen) atoms. The first kappa shape index (κ1) is 50.0. The van der Waals surface area contributed by atoms with Gasteiger partial charge < -0.3 is 14.2 Å². The molecule has 4 aromatic rings. The maximum atomic E-state index is 14.2. The van der Waals surface area contributed by atoms with Gasteiger partial charge in [-0.25, -0.2) is 12.8 Å². The van der Waals surface area contributed by atoms with Crippen LogP contribution in [0.1, 0.15) is 72.4 Å². The highest BCUT2D eigenvalue weighted by molar-refractivity contribution is 7.90. The molecular formula is C45H58ClF3N4O6S. The minimum atomic E-state index is -3.41. The van der Waals surface area contributed by atoms with Crippen molar-refractivity contribution in [1.82, 2.24) is 19.3 Å². The largest absolute Gasteiger partial charge is 0.379 e. The van der Waals surface area contributed by atoms with Crippen molar-refractivity contribution in [1.29, 1.82) is 0 Å². The van der Waals surface area contributed by atoms with E-state index in [2.05, 4.69) is 47.9 Å². The number of morpholine rings is 1. The third-order valence-electron chi connectivity index (χ3n) is 10.1. The lowest BCUT2D eigenvalue weighted by Crippen LogP contribution is -2.51. The molecule has 0 aliphatic carbocycles. The number of aldehydes is 1. The minimum absolute atomic E-state index is 0.0199. The molecule has 6 rings (SSSR count). The molecule has 2 aliphatic rings. The number of ether oxygens (including phenoxy) is 1. The van der Waals surface area contributed by atoms with Crippen LogP contribution in [0.15, 0.2) is 94.6 Å². The van der Waals surface area contributed by atoms with E-state index in [9.17, 15) is 31.2 Å². The molecule has 2 fully saturated rings. The predicted molar refractivity (Wildman–Crippen MR) is 232 cm³/mol. The summed E-state index contributed by atoms with van der Waals surface area (Å²) in [5.41, 5.74) is 4.10. The molecule has 15 heteroatoms. The Balaban J connectivity index is 0.000000419. The molecule has 2 atom stereocenters. The fourth-order valence-corrected chi connectivity index (χ4v) is 7.60. The summed E-state index contributed by atoms with van der Waals surface area (Å²) in [6.07, 6.45) is 0.582. The highest BCUT2D eigenvalue weighted by atomic mass is 35.5. The number of hydrogen-bond acceptors (Lipinski definition) is 8. The van der Waals surface area contributed by atoms with E-state index in [-0.39, 0.29) is 33.9 Å². The van der Waals surface area contributed by atoms with Crippen LogP contribution in [0.4, 0.5) is 13.2 Å². The number of sulfone groups is 1. The van der Waals surface area contributed by atoms with E-state index in [1.807, 2.05) is 56.0 Å². The molecular weight excluding hydrogens is 817 g/mol. The summed E-state index contributed by atoms with van der Waals surface area (Å²) in [7, 11) is -3.41. The van der Waals surface area contributed by atoms with Crippen molar-refractivity contribution in [3.05, 3.63) is 134 Å². The van der Waals surface area contributed by atoms with Crippen LogP contribution in [-0.4, -0.2) is 118 Å². The van der Waals surface area contributed by atoms with E-state index in [0.29, 0.717) is 25.0 Å². The van der Waals surface area contributed by atoms with Crippen molar-refractivity contribution in [3.8, 4) is 0 Å². The van der Waals surface area contributed by atoms with Gasteiger partial charge in [0.05, 0.1) is 19.3 Å². The predicted octanol–water partition coefficient (Wildman–Crippen LogP) is 7.70. The van der Waals surface area contributed by atoms with Crippen LogP contribution in [0.3, 0.4) is 0 Å². The van der Waals surface area contributed by atoms with Gasteiger partial charge in [-0.05, 0) is 61.4 Å². The second-order valence-electron chi connectivity index (χ2n) is 14.6. The van der Waals surface area contributed by atoms with Crippen LogP contribution in [0, 0.1) is 19.7 Å². The second kappa shape index (κ2) is 23.6. The molecule has 0 saturated carbocycles. The lowest BCUT2D eigenvalue weighted by molar-refractivity contribution is -0.126. The molecule has 0 bridgehead atoms. The van der Waals surface area contributed by atoms with Crippen LogP contribution >= 0.6 is 11.6 Å². The van der Waals surface area contributed by atoms with Crippen molar-refractivity contribution in [2.24, 2.45) is 0 Å². The van der Waals surface area contributed by atoms with E-state index in [1.54, 1.807) is 10.6 Å². The summed E-state index contributed by atoms with van der Waals surface area (Å²) in [6.45, 7) is 19.1. The zero-order valence-corrected chi connectivity index (χ0v) is 37.1. The Morgan fingerprint density at radius 2 is 1.35 bits per heavy atom. The van der Waals surface area contributed by atoms with Crippen molar-refractivity contribution < 1.29 is 35.9 Å². The Morgan fingerprint density at radius 3 is 1.85 bits per heavy atom. The molecule has 0 spiro atoms. The standard InChI is InChI=1S/C33H41ClN4O3.C7H7FO2S.C3H4F2O.C2H6/c1-24-4-7-27(8-5-24)26(3)31(28-9-11-29(34)12-10-28)38-25(2)6-13-30(33(38)40)32(39)37-18-16-35(17-19-37)14-15-36-20-22-41-23-21-36;1-11(9,10)7-5-3-2-4-6(7)8;1-3(4,5)2-6;1-2/h4-13,26,31H,14-23H2,1-3H3;2-5H,1H3;2H,1H3;1-2H3/t26-,31-;;;/m1.../s1. The topological polar surface area (TPSA) is 109 Å². The molecule has 0 radical (unpaired) electrons. The molecule has 2 saturated heterocycles. The van der Waals surface area contributed by atoms with Crippen molar-refractivity contribution in [2.45, 2.75) is 64.3 Å². The number of aryl methyl sites for hydroxylation is 2. The number of amides is 1. The number of carbonyl (C=O) groups is 2. The number of piperazine rings is 1. The number of carbonyl (C=O) groups excluding carboxylic acids is 2. The maximum Gasteiger partial charge on any atom is 0.299 e. The lowest BCUT2D eigenvalue weighted by atomic mass is 9.87. The van der Waals surface area contributed by atoms with Crippen LogP contribution < -0.4 is 5.56 Å². The first-order chi connectivity index (χ1) is 28.4. The van der Waals surface area contributed by atoms with E-state index in [4.69, 9.17) is 21.1 Å². The van der Waals surface area contributed by atoms with Crippen LogP contribution in [0.2, 0.25) is 5.02 Å². The molecule has 2 aliphatic heterocycles. The number of hydrogen-bond donors (Lipinski definition) is 0. The van der Waals surface area contributed by atoms with Gasteiger partial charge in [0.25, 0.3) is 17.4 Å². The first-order valence-electron chi connectivity index (χ1n) is 20.0. The van der Waals surface area contributed by atoms with Crippen molar-refractivity contribution in [2.75, 3.05) is 71.8 Å². The summed E-state index contributed by atoms with van der Waals surface area (Å²) in [5, 5.41) is 0.646. The molecule has 1 aromatic heterocycles. The van der Waals surface area contributed by atoms with Gasteiger partial charge in [0.15, 0.2) is 16.1 Å². The van der Waals surface area contributed by atoms with Gasteiger partial charge in [-0.3, -0.25) is 24.2 Å². The highest BCUT2D eigenvalue weighted by Crippen LogP contribution is 2.35. The average molecular weight is 875 g/mol. The van der Waals surface area contributed by atoms with Crippen molar-refractivity contribution >= 4 is 33.6 Å². The fourth-order valence-electron chi connectivity index (χ4n) is 6.73. The van der Waals surface area contributed by atoms with Gasteiger partial charge in [-0.2, -0.15) is 8.78 Å². The zero-order valence-electron chi connectivity index (χ0n) is 35.5. The molecule has 1 amide bonds. The third kappa shape index (κ3) is 15.0. The van der Waals surface area contributed by atoms with Gasteiger partial charge in [-0.15, -0.1) is 0 Å². The fraction of sp³-hybridized carbons (Fsp3) is 0.444. The number of halogens is 4. The first-order valence-corrected chi connectivity index (χ1v) is 22.3. The molecule has 328 valence electrons. The second-order valence-corrected chi connectivity index (χ2v) is 17.0. The Labute approximate surface area is 357 Å². The van der Waals surface area contributed by atoms with E-state index < -0.39 is 27.9 Å². The summed E-state index contributed by atoms with van der Waals surface area (Å²) >= 11 is 6.23. The number of nitrogens with zero attached hydrogens (tertiary/aromatic N) is 4. The number of pyridine rings is 1. The van der Waals surface area contributed by atoms with E-state index in [0.717, 1.165) is 81.6 Å². The molecule has 0 N–H and O–H groups in total. The summed E-state index contributed by atoms with van der Waals surface area (Å²) in [6, 6.07) is 24.7. The van der Waals surface area contributed by atoms with Gasteiger partial charge in [-0.1, -0.05) is 86.5 Å². The van der Waals surface area contributed by atoms with Crippen LogP contribution in [0.5, 0.6) is 0 Å². The van der Waals surface area contributed by atoms with Crippen LogP contribution in [-0.2, 0) is 19.4 Å². The normalized spacial score (nSPS) is 15.8. The molecule has 10 nitrogen and oxygen atoms in total. The Kier molecular flexibility index (Phi) is 19.7. The monoisotopic (exact) mass is 874 g/mol. The maximum absolute atomic E-state index is 14.2. The highest BCUT2D eigenvalue weighted by Gasteiger charge is 2.30. The zero-order chi connectivity index (χ0) is 44.6. The van der Waals surface area contributed by atoms with Gasteiger partial charge in [0, 0.05) is 82.2 Å². The van der Waals surface area contributed by atoms with E-state index in [1.165, 1.54) is 23.8 Å². The van der Waals surface area contributed by atoms with Crippen molar-refractivity contribution in [3.63, 3.8) is 0 Å². The summed E-state index contributed by atoms with van der Waals surface area (Å²) in [5.74, 6) is -4.04. The Bertz CT molecular complexity index is 2130. The van der Waals surface area contributed by atoms with Gasteiger partial charge >= 0.3 is 0 Å². The SMILES string of the molecule is CC.CC(F)(F)C=O.CS(=O)(=O)c1ccccc1F.Cc1ccc([C@@H](C)[C@H](c2ccc(Cl)cc2)n2c(C)ccc(C(=O)N3CCN(CCN4CCOCC4)CC3)c2=O)cc1. The lowest BCUT2D eigenvalue weighted by Gasteiger charge is -2.36. The van der Waals surface area contributed by atoms with Gasteiger partial charge in [0.2, 0.25) is 0 Å². The smallest absolute Gasteiger partial charge is 0.299 e. The van der Waals surface area contributed by atoms with Gasteiger partial charge in [0.1, 0.15) is 16.3 Å². The summed E-state index contributed by atoms with van der Waals surface area (Å²) in [4.78, 5) is 43.4. The minimum Gasteiger partial charge on any atom is -0.379 e. The third-order valence-corrected chi connectivity index (χ3v) is 11.4. The number of aromatic nitrogens is 1. The number of alkyl halides is 2. The number of benzene rings is 3. The quantitative estimate of drug-likeness (QED) is 0.149. The summed E-state index contributed by atoms with van der Waals surface area (Å²) < 4.78 is 63.8. The molecule has 3 heterocycles.